The molecule has 1 aromatic heterocycles. The Balaban J connectivity index is 1.66. The number of hydrogen-bond acceptors (Lipinski definition) is 4. The molecule has 7 heteroatoms. The van der Waals surface area contributed by atoms with E-state index >= 15 is 0 Å². The first-order chi connectivity index (χ1) is 14.5. The fourth-order valence-corrected chi connectivity index (χ4v) is 4.32. The van der Waals surface area contributed by atoms with Gasteiger partial charge in [0.2, 0.25) is 5.91 Å². The molecular weight excluding hydrogens is 398 g/mol. The van der Waals surface area contributed by atoms with E-state index in [0.717, 1.165) is 5.56 Å². The van der Waals surface area contributed by atoms with Crippen LogP contribution in [0.2, 0.25) is 0 Å². The van der Waals surface area contributed by atoms with Crippen molar-refractivity contribution in [3.05, 3.63) is 70.4 Å². The molecule has 1 aromatic carbocycles. The van der Waals surface area contributed by atoms with Gasteiger partial charge in [0.1, 0.15) is 6.04 Å². The predicted octanol–water partition coefficient (Wildman–Crippen LogP) is 3.01. The summed E-state index contributed by atoms with van der Waals surface area (Å²) in [5.41, 5.74) is 1.73. The van der Waals surface area contributed by atoms with Crippen LogP contribution in [-0.4, -0.2) is 48.3 Å². The SMILES string of the molecule is C=CCNC(=O)C(NC(=O)c1cccs1)C1CCN(C(=O)c2cccc(C)c2)CC1. The number of likely N-dealkylation sites (tertiary alicyclic amines) is 1. The summed E-state index contributed by atoms with van der Waals surface area (Å²) in [5.74, 6) is -0.502. The number of nitrogens with one attached hydrogen (secondary N) is 2. The lowest BCUT2D eigenvalue weighted by molar-refractivity contribution is -0.124. The van der Waals surface area contributed by atoms with Gasteiger partial charge in [-0.3, -0.25) is 14.4 Å². The van der Waals surface area contributed by atoms with Crippen molar-refractivity contribution in [3.63, 3.8) is 0 Å². The van der Waals surface area contributed by atoms with Crippen LogP contribution in [0.15, 0.2) is 54.4 Å². The van der Waals surface area contributed by atoms with Crippen molar-refractivity contribution in [2.75, 3.05) is 19.6 Å². The van der Waals surface area contributed by atoms with E-state index in [1.165, 1.54) is 11.3 Å². The molecule has 0 radical (unpaired) electrons. The lowest BCUT2D eigenvalue weighted by atomic mass is 9.88. The highest BCUT2D eigenvalue weighted by Gasteiger charge is 2.34. The molecule has 0 saturated carbocycles. The Morgan fingerprint density at radius 3 is 2.63 bits per heavy atom. The minimum Gasteiger partial charge on any atom is -0.351 e. The number of nitrogens with zero attached hydrogens (tertiary/aromatic N) is 1. The number of carbonyl (C=O) groups is 3. The first-order valence-electron chi connectivity index (χ1n) is 10.1. The number of rotatable bonds is 7. The van der Waals surface area contributed by atoms with Gasteiger partial charge in [-0.05, 0) is 49.3 Å². The standard InChI is InChI=1S/C23H27N3O3S/c1-3-11-24-22(28)20(25-21(27)19-8-5-14-30-19)17-9-12-26(13-10-17)23(29)18-7-4-6-16(2)15-18/h3-8,14-15,17,20H,1,9-13H2,2H3,(H,24,28)(H,25,27). The molecule has 158 valence electrons. The van der Waals surface area contributed by atoms with Gasteiger partial charge >= 0.3 is 0 Å². The van der Waals surface area contributed by atoms with Gasteiger partial charge in [-0.1, -0.05) is 29.8 Å². The van der Waals surface area contributed by atoms with Gasteiger partial charge in [0, 0.05) is 25.2 Å². The Morgan fingerprint density at radius 1 is 1.23 bits per heavy atom. The van der Waals surface area contributed by atoms with E-state index in [0.29, 0.717) is 42.9 Å². The highest BCUT2D eigenvalue weighted by molar-refractivity contribution is 7.12. The largest absolute Gasteiger partial charge is 0.351 e. The molecule has 1 unspecified atom stereocenters. The van der Waals surface area contributed by atoms with Crippen LogP contribution in [0, 0.1) is 12.8 Å². The fourth-order valence-electron chi connectivity index (χ4n) is 3.70. The van der Waals surface area contributed by atoms with Gasteiger partial charge in [0.25, 0.3) is 11.8 Å². The van der Waals surface area contributed by atoms with Crippen molar-refractivity contribution in [2.24, 2.45) is 5.92 Å². The van der Waals surface area contributed by atoms with Crippen molar-refractivity contribution in [1.82, 2.24) is 15.5 Å². The zero-order valence-corrected chi connectivity index (χ0v) is 17.9. The Kier molecular flexibility index (Phi) is 7.41. The van der Waals surface area contributed by atoms with Crippen molar-refractivity contribution < 1.29 is 14.4 Å². The second-order valence-electron chi connectivity index (χ2n) is 7.46. The number of hydrogen-bond donors (Lipinski definition) is 2. The molecule has 3 amide bonds. The van der Waals surface area contributed by atoms with Crippen LogP contribution in [0.4, 0.5) is 0 Å². The second kappa shape index (κ2) is 10.2. The average molecular weight is 426 g/mol. The van der Waals surface area contributed by atoms with Crippen LogP contribution in [0.3, 0.4) is 0 Å². The number of carbonyl (C=O) groups excluding carboxylic acids is 3. The molecule has 1 saturated heterocycles. The van der Waals surface area contributed by atoms with E-state index in [2.05, 4.69) is 17.2 Å². The van der Waals surface area contributed by atoms with E-state index in [4.69, 9.17) is 0 Å². The molecule has 0 bridgehead atoms. The molecule has 2 heterocycles. The number of benzene rings is 1. The summed E-state index contributed by atoms with van der Waals surface area (Å²) in [6, 6.07) is 10.5. The molecule has 6 nitrogen and oxygen atoms in total. The normalized spacial score (nSPS) is 15.3. The summed E-state index contributed by atoms with van der Waals surface area (Å²) in [7, 11) is 0. The third kappa shape index (κ3) is 5.36. The van der Waals surface area contributed by atoms with Crippen LogP contribution >= 0.6 is 11.3 Å². The molecular formula is C23H27N3O3S. The zero-order chi connectivity index (χ0) is 21.5. The molecule has 1 atom stereocenters. The zero-order valence-electron chi connectivity index (χ0n) is 17.1. The smallest absolute Gasteiger partial charge is 0.262 e. The number of amides is 3. The summed E-state index contributed by atoms with van der Waals surface area (Å²) in [6.07, 6.45) is 2.90. The van der Waals surface area contributed by atoms with Gasteiger partial charge < -0.3 is 15.5 Å². The lowest BCUT2D eigenvalue weighted by Gasteiger charge is -2.35. The molecule has 2 aromatic rings. The van der Waals surface area contributed by atoms with E-state index in [1.54, 1.807) is 12.1 Å². The van der Waals surface area contributed by atoms with Crippen LogP contribution in [0.25, 0.3) is 0 Å². The van der Waals surface area contributed by atoms with E-state index in [1.807, 2.05) is 47.5 Å². The molecule has 0 spiro atoms. The minimum absolute atomic E-state index is 0.00688. The second-order valence-corrected chi connectivity index (χ2v) is 8.41. The predicted molar refractivity (Wildman–Crippen MR) is 119 cm³/mol. The van der Waals surface area contributed by atoms with Crippen molar-refractivity contribution in [3.8, 4) is 0 Å². The summed E-state index contributed by atoms with van der Waals surface area (Å²) in [4.78, 5) is 40.5. The average Bonchev–Trinajstić information content (AvgIpc) is 3.30. The molecule has 1 aliphatic heterocycles. The summed E-state index contributed by atoms with van der Waals surface area (Å²) < 4.78 is 0. The molecule has 0 aliphatic carbocycles. The van der Waals surface area contributed by atoms with E-state index in [-0.39, 0.29) is 23.6 Å². The third-order valence-electron chi connectivity index (χ3n) is 5.30. The maximum absolute atomic E-state index is 12.8. The number of piperidine rings is 1. The molecule has 2 N–H and O–H groups in total. The first-order valence-corrected chi connectivity index (χ1v) is 11.0. The van der Waals surface area contributed by atoms with Gasteiger partial charge in [-0.15, -0.1) is 17.9 Å². The first kappa shape index (κ1) is 21.8. The van der Waals surface area contributed by atoms with Crippen LogP contribution in [-0.2, 0) is 4.79 Å². The number of aryl methyl sites for hydroxylation is 1. The van der Waals surface area contributed by atoms with Crippen LogP contribution in [0.1, 0.15) is 38.4 Å². The molecule has 1 fully saturated rings. The van der Waals surface area contributed by atoms with Gasteiger partial charge in [-0.25, -0.2) is 0 Å². The Labute approximate surface area is 181 Å². The van der Waals surface area contributed by atoms with E-state index in [9.17, 15) is 14.4 Å². The summed E-state index contributed by atoms with van der Waals surface area (Å²) in [6.45, 7) is 7.04. The molecule has 30 heavy (non-hydrogen) atoms. The third-order valence-corrected chi connectivity index (χ3v) is 6.17. The van der Waals surface area contributed by atoms with Crippen molar-refractivity contribution >= 4 is 29.1 Å². The fraction of sp³-hybridized carbons (Fsp3) is 0.348. The summed E-state index contributed by atoms with van der Waals surface area (Å²) >= 11 is 1.34. The maximum Gasteiger partial charge on any atom is 0.262 e. The highest BCUT2D eigenvalue weighted by atomic mass is 32.1. The maximum atomic E-state index is 12.8. The van der Waals surface area contributed by atoms with Crippen LogP contribution in [0.5, 0.6) is 0 Å². The monoisotopic (exact) mass is 425 g/mol. The summed E-state index contributed by atoms with van der Waals surface area (Å²) in [5, 5.41) is 7.53. The van der Waals surface area contributed by atoms with Crippen molar-refractivity contribution in [2.45, 2.75) is 25.8 Å². The number of thiophene rings is 1. The van der Waals surface area contributed by atoms with Crippen molar-refractivity contribution in [1.29, 1.82) is 0 Å². The highest BCUT2D eigenvalue weighted by Crippen LogP contribution is 2.23. The molecule has 3 rings (SSSR count). The Morgan fingerprint density at radius 2 is 2.00 bits per heavy atom. The topological polar surface area (TPSA) is 78.5 Å². The van der Waals surface area contributed by atoms with Gasteiger partial charge in [0.15, 0.2) is 0 Å². The quantitative estimate of drug-likeness (QED) is 0.670. The lowest BCUT2D eigenvalue weighted by Crippen LogP contribution is -2.53. The Hall–Kier alpha value is -2.93. The van der Waals surface area contributed by atoms with Gasteiger partial charge in [0.05, 0.1) is 4.88 Å². The molecule has 1 aliphatic rings. The minimum atomic E-state index is -0.643. The van der Waals surface area contributed by atoms with E-state index < -0.39 is 6.04 Å². The van der Waals surface area contributed by atoms with Crippen LogP contribution < -0.4 is 10.6 Å². The Bertz CT molecular complexity index is 902. The van der Waals surface area contributed by atoms with Gasteiger partial charge in [-0.2, -0.15) is 0 Å².